The Morgan fingerprint density at radius 3 is 2.55 bits per heavy atom. The minimum absolute atomic E-state index is 0.00391. The number of rotatable bonds is 0. The van der Waals surface area contributed by atoms with Crippen molar-refractivity contribution in [3.63, 3.8) is 0 Å². The lowest BCUT2D eigenvalue weighted by Gasteiger charge is -2.02. The molecule has 0 amide bonds. The third-order valence-electron chi connectivity index (χ3n) is 1.15. The molecule has 0 bridgehead atoms. The molecule has 0 aliphatic rings. The predicted molar refractivity (Wildman–Crippen MR) is 43.5 cm³/mol. The largest absolute Gasteiger partial charge is 0.397 e. The van der Waals surface area contributed by atoms with Crippen molar-refractivity contribution >= 4 is 33.2 Å². The van der Waals surface area contributed by atoms with Crippen molar-refractivity contribution in [2.45, 2.75) is 0 Å². The molecule has 0 heterocycles. The monoisotopic (exact) mass is 241 g/mol. The molecule has 1 nitrogen and oxygen atoms in total. The van der Waals surface area contributed by atoms with Gasteiger partial charge in [0, 0.05) is 0 Å². The summed E-state index contributed by atoms with van der Waals surface area (Å²) in [4.78, 5) is 0. The highest BCUT2D eigenvalue weighted by Crippen LogP contribution is 2.31. The molecule has 0 saturated carbocycles. The van der Waals surface area contributed by atoms with Crippen molar-refractivity contribution in [3.8, 4) is 0 Å². The third kappa shape index (κ3) is 1.46. The topological polar surface area (TPSA) is 26.0 Å². The van der Waals surface area contributed by atoms with Gasteiger partial charge in [-0.15, -0.1) is 0 Å². The summed E-state index contributed by atoms with van der Waals surface area (Å²) in [6.07, 6.45) is 0. The second kappa shape index (κ2) is 2.95. The molecule has 0 aliphatic heterocycles. The Morgan fingerprint density at radius 1 is 1.45 bits per heavy atom. The van der Waals surface area contributed by atoms with Crippen molar-refractivity contribution in [2.75, 3.05) is 5.73 Å². The minimum Gasteiger partial charge on any atom is -0.397 e. The lowest BCUT2D eigenvalue weighted by Crippen LogP contribution is -1.94. The maximum atomic E-state index is 12.6. The Morgan fingerprint density at radius 2 is 2.00 bits per heavy atom. The minimum atomic E-state index is -1.02. The molecular formula is C6H3BrClF2N. The van der Waals surface area contributed by atoms with E-state index in [1.54, 1.807) is 0 Å². The van der Waals surface area contributed by atoms with E-state index < -0.39 is 11.6 Å². The zero-order chi connectivity index (χ0) is 8.59. The Labute approximate surface area is 75.3 Å². The van der Waals surface area contributed by atoms with Crippen LogP contribution in [0.4, 0.5) is 14.5 Å². The van der Waals surface area contributed by atoms with Crippen LogP contribution in [0, 0.1) is 11.6 Å². The first-order valence-electron chi connectivity index (χ1n) is 2.62. The van der Waals surface area contributed by atoms with E-state index in [0.717, 1.165) is 6.07 Å². The molecule has 1 aromatic rings. The van der Waals surface area contributed by atoms with E-state index in [4.69, 9.17) is 17.3 Å². The average molecular weight is 242 g/mol. The number of anilines is 1. The SMILES string of the molecule is Nc1c(Cl)cc(F)c(F)c1Br. The Bertz CT molecular complexity index is 277. The first kappa shape index (κ1) is 8.74. The van der Waals surface area contributed by atoms with Gasteiger partial charge in [0.2, 0.25) is 0 Å². The summed E-state index contributed by atoms with van der Waals surface area (Å²) >= 11 is 8.19. The number of hydrogen-bond donors (Lipinski definition) is 1. The molecule has 0 atom stereocenters. The summed E-state index contributed by atoms with van der Waals surface area (Å²) in [7, 11) is 0. The summed E-state index contributed by atoms with van der Waals surface area (Å²) in [6, 6.07) is 0.830. The van der Waals surface area contributed by atoms with Crippen LogP contribution in [0.3, 0.4) is 0 Å². The van der Waals surface area contributed by atoms with Crippen LogP contribution in [0.15, 0.2) is 10.5 Å². The number of hydrogen-bond acceptors (Lipinski definition) is 1. The normalized spacial score (nSPS) is 10.2. The highest BCUT2D eigenvalue weighted by molar-refractivity contribution is 9.10. The lowest BCUT2D eigenvalue weighted by molar-refractivity contribution is 0.505. The van der Waals surface area contributed by atoms with E-state index in [0.29, 0.717) is 0 Å². The molecule has 0 saturated heterocycles. The summed E-state index contributed by atoms with van der Waals surface area (Å²) in [5, 5.41) is -0.00391. The number of nitrogens with two attached hydrogens (primary N) is 1. The summed E-state index contributed by atoms with van der Waals surface area (Å²) in [5.74, 6) is -2.04. The van der Waals surface area contributed by atoms with E-state index in [1.807, 2.05) is 0 Å². The van der Waals surface area contributed by atoms with Crippen LogP contribution in [0.2, 0.25) is 5.02 Å². The first-order chi connectivity index (χ1) is 5.04. The zero-order valence-electron chi connectivity index (χ0n) is 5.17. The van der Waals surface area contributed by atoms with Crippen LogP contribution in [-0.4, -0.2) is 0 Å². The molecule has 1 aromatic carbocycles. The van der Waals surface area contributed by atoms with Gasteiger partial charge in [-0.3, -0.25) is 0 Å². The number of nitrogen functional groups attached to an aromatic ring is 1. The Kier molecular flexibility index (Phi) is 2.34. The second-order valence-corrected chi connectivity index (χ2v) is 3.08. The molecule has 0 spiro atoms. The predicted octanol–water partition coefficient (Wildman–Crippen LogP) is 2.96. The number of benzene rings is 1. The smallest absolute Gasteiger partial charge is 0.175 e. The molecule has 0 fully saturated rings. The van der Waals surface area contributed by atoms with Crippen LogP contribution < -0.4 is 5.73 Å². The van der Waals surface area contributed by atoms with Gasteiger partial charge in [0.25, 0.3) is 0 Å². The summed E-state index contributed by atoms with van der Waals surface area (Å²) in [5.41, 5.74) is 5.27. The van der Waals surface area contributed by atoms with Crippen LogP contribution in [0.1, 0.15) is 0 Å². The molecule has 1 rings (SSSR count). The maximum absolute atomic E-state index is 12.6. The molecule has 0 aromatic heterocycles. The fourth-order valence-corrected chi connectivity index (χ4v) is 1.29. The van der Waals surface area contributed by atoms with E-state index in [1.165, 1.54) is 0 Å². The van der Waals surface area contributed by atoms with Crippen molar-refractivity contribution in [1.29, 1.82) is 0 Å². The molecule has 0 radical (unpaired) electrons. The quantitative estimate of drug-likeness (QED) is 0.422. The fraction of sp³-hybridized carbons (Fsp3) is 0. The van der Waals surface area contributed by atoms with Gasteiger partial charge in [0.1, 0.15) is 0 Å². The van der Waals surface area contributed by atoms with Gasteiger partial charge in [0.05, 0.1) is 15.2 Å². The average Bonchev–Trinajstić information content (AvgIpc) is 1.97. The van der Waals surface area contributed by atoms with Gasteiger partial charge in [-0.05, 0) is 22.0 Å². The van der Waals surface area contributed by atoms with E-state index in [2.05, 4.69) is 15.9 Å². The molecule has 0 aliphatic carbocycles. The lowest BCUT2D eigenvalue weighted by atomic mass is 10.3. The molecular weight excluding hydrogens is 239 g/mol. The highest BCUT2D eigenvalue weighted by atomic mass is 79.9. The summed E-state index contributed by atoms with van der Waals surface area (Å²) < 4.78 is 24.9. The van der Waals surface area contributed by atoms with Crippen molar-refractivity contribution < 1.29 is 8.78 Å². The fourth-order valence-electron chi connectivity index (χ4n) is 0.580. The Hall–Kier alpha value is -0.350. The van der Waals surface area contributed by atoms with Gasteiger partial charge in [-0.2, -0.15) is 0 Å². The van der Waals surface area contributed by atoms with Gasteiger partial charge < -0.3 is 5.73 Å². The van der Waals surface area contributed by atoms with Crippen molar-refractivity contribution in [1.82, 2.24) is 0 Å². The first-order valence-corrected chi connectivity index (χ1v) is 3.79. The second-order valence-electron chi connectivity index (χ2n) is 1.88. The van der Waals surface area contributed by atoms with Gasteiger partial charge in [0.15, 0.2) is 11.6 Å². The number of halogens is 4. The summed E-state index contributed by atoms with van der Waals surface area (Å²) in [6.45, 7) is 0. The highest BCUT2D eigenvalue weighted by Gasteiger charge is 2.12. The molecule has 11 heavy (non-hydrogen) atoms. The van der Waals surface area contributed by atoms with Crippen molar-refractivity contribution in [3.05, 3.63) is 27.2 Å². The standard InChI is InChI=1S/C6H3BrClF2N/c7-4-5(10)3(9)1-2(8)6(4)11/h1H,11H2. The maximum Gasteiger partial charge on any atom is 0.175 e. The molecule has 5 heteroatoms. The van der Waals surface area contributed by atoms with E-state index in [9.17, 15) is 8.78 Å². The van der Waals surface area contributed by atoms with E-state index in [-0.39, 0.29) is 15.2 Å². The molecule has 2 N–H and O–H groups in total. The Balaban J connectivity index is 3.46. The molecule has 0 unspecified atom stereocenters. The molecule has 60 valence electrons. The van der Waals surface area contributed by atoms with Crippen molar-refractivity contribution in [2.24, 2.45) is 0 Å². The van der Waals surface area contributed by atoms with E-state index >= 15 is 0 Å². The van der Waals surface area contributed by atoms with Crippen LogP contribution in [-0.2, 0) is 0 Å². The van der Waals surface area contributed by atoms with Crippen LogP contribution >= 0.6 is 27.5 Å². The van der Waals surface area contributed by atoms with Gasteiger partial charge in [-0.1, -0.05) is 11.6 Å². The van der Waals surface area contributed by atoms with Crippen LogP contribution in [0.25, 0.3) is 0 Å². The van der Waals surface area contributed by atoms with Gasteiger partial charge in [-0.25, -0.2) is 8.78 Å². The zero-order valence-corrected chi connectivity index (χ0v) is 7.51. The van der Waals surface area contributed by atoms with Gasteiger partial charge >= 0.3 is 0 Å². The third-order valence-corrected chi connectivity index (χ3v) is 2.24. The van der Waals surface area contributed by atoms with Crippen LogP contribution in [0.5, 0.6) is 0 Å².